The Kier molecular flexibility index (Phi) is 6.92. The lowest BCUT2D eigenvalue weighted by Gasteiger charge is -2.43. The monoisotopic (exact) mass is 417 g/mol. The summed E-state index contributed by atoms with van der Waals surface area (Å²) in [7, 11) is 0. The third-order valence-corrected chi connectivity index (χ3v) is 7.03. The van der Waals surface area contributed by atoms with Crippen LogP contribution in [0, 0.1) is 6.92 Å². The highest BCUT2D eigenvalue weighted by Gasteiger charge is 2.38. The summed E-state index contributed by atoms with van der Waals surface area (Å²) in [5.41, 5.74) is 5.43. The van der Waals surface area contributed by atoms with Gasteiger partial charge in [0.25, 0.3) is 0 Å². The Balaban J connectivity index is 1.22. The molecule has 2 aliphatic carbocycles. The molecule has 31 heavy (non-hydrogen) atoms. The molecule has 2 aromatic rings. The molecule has 0 bridgehead atoms. The molecule has 4 rings (SSSR count). The molecule has 2 aliphatic rings. The number of allylic oxidation sites excluding steroid dienone is 1. The number of fused-ring (bicyclic) bond motifs is 2. The maximum absolute atomic E-state index is 12.4. The normalized spacial score (nSPS) is 22.3. The number of ketones is 1. The molecule has 0 aliphatic heterocycles. The van der Waals surface area contributed by atoms with Crippen LogP contribution in [-0.2, 0) is 5.41 Å². The topological polar surface area (TPSA) is 38.3 Å². The summed E-state index contributed by atoms with van der Waals surface area (Å²) >= 11 is 0. The summed E-state index contributed by atoms with van der Waals surface area (Å²) in [6.07, 6.45) is 12.3. The molecule has 1 N–H and O–H groups in total. The second-order valence-electron chi connectivity index (χ2n) is 9.19. The predicted octanol–water partition coefficient (Wildman–Crippen LogP) is 6.24. The number of ether oxygens (including phenoxy) is 1. The van der Waals surface area contributed by atoms with Crippen LogP contribution in [0.25, 0.3) is 6.08 Å². The van der Waals surface area contributed by atoms with Crippen LogP contribution in [0.1, 0.15) is 78.9 Å². The van der Waals surface area contributed by atoms with Gasteiger partial charge in [-0.2, -0.15) is 0 Å². The fraction of sp³-hybridized carbons (Fsp3) is 0.464. The number of hydrogen-bond acceptors (Lipinski definition) is 3. The summed E-state index contributed by atoms with van der Waals surface area (Å²) in [5, 5.41) is 3.72. The zero-order valence-electron chi connectivity index (χ0n) is 19.0. The van der Waals surface area contributed by atoms with E-state index >= 15 is 0 Å². The molecule has 0 atom stereocenters. The molecule has 1 spiro atoms. The van der Waals surface area contributed by atoms with Gasteiger partial charge in [-0.3, -0.25) is 4.79 Å². The predicted molar refractivity (Wildman–Crippen MR) is 128 cm³/mol. The van der Waals surface area contributed by atoms with Gasteiger partial charge in [0.2, 0.25) is 0 Å². The SMILES string of the molecule is CCOc1ccc(C(=O)CCCNC2CCC3(CC=Cc4cc(C)ccc43)CC2)cc1. The quantitative estimate of drug-likeness (QED) is 0.408. The molecule has 1 saturated carbocycles. The number of rotatable bonds is 8. The maximum Gasteiger partial charge on any atom is 0.162 e. The van der Waals surface area contributed by atoms with Crippen LogP contribution in [0.3, 0.4) is 0 Å². The fourth-order valence-electron chi connectivity index (χ4n) is 5.28. The largest absolute Gasteiger partial charge is 0.494 e. The van der Waals surface area contributed by atoms with Gasteiger partial charge in [0, 0.05) is 18.0 Å². The third kappa shape index (κ3) is 5.10. The van der Waals surface area contributed by atoms with Crippen LogP contribution in [-0.4, -0.2) is 25.0 Å². The lowest BCUT2D eigenvalue weighted by atomic mass is 9.63. The molecule has 2 aromatic carbocycles. The van der Waals surface area contributed by atoms with E-state index in [9.17, 15) is 4.79 Å². The van der Waals surface area contributed by atoms with Gasteiger partial charge in [-0.15, -0.1) is 0 Å². The van der Waals surface area contributed by atoms with E-state index < -0.39 is 0 Å². The van der Waals surface area contributed by atoms with Crippen molar-refractivity contribution < 1.29 is 9.53 Å². The summed E-state index contributed by atoms with van der Waals surface area (Å²) in [6.45, 7) is 5.70. The van der Waals surface area contributed by atoms with Crippen LogP contribution < -0.4 is 10.1 Å². The first-order valence-corrected chi connectivity index (χ1v) is 11.9. The van der Waals surface area contributed by atoms with E-state index in [1.807, 2.05) is 31.2 Å². The first kappa shape index (κ1) is 21.8. The van der Waals surface area contributed by atoms with Gasteiger partial charge in [-0.25, -0.2) is 0 Å². The first-order valence-electron chi connectivity index (χ1n) is 11.9. The minimum atomic E-state index is 0.216. The van der Waals surface area contributed by atoms with Crippen molar-refractivity contribution in [2.24, 2.45) is 0 Å². The van der Waals surface area contributed by atoms with Crippen LogP contribution in [0.2, 0.25) is 0 Å². The van der Waals surface area contributed by atoms with Crippen molar-refractivity contribution in [2.75, 3.05) is 13.2 Å². The minimum Gasteiger partial charge on any atom is -0.494 e. The Morgan fingerprint density at radius 2 is 1.90 bits per heavy atom. The Morgan fingerprint density at radius 1 is 1.13 bits per heavy atom. The highest BCUT2D eigenvalue weighted by molar-refractivity contribution is 5.96. The molecule has 0 radical (unpaired) electrons. The van der Waals surface area contributed by atoms with Crippen molar-refractivity contribution in [2.45, 2.75) is 70.3 Å². The summed E-state index contributed by atoms with van der Waals surface area (Å²) in [4.78, 5) is 12.4. The average Bonchev–Trinajstić information content (AvgIpc) is 2.78. The number of carbonyl (C=O) groups is 1. The molecule has 0 heterocycles. The minimum absolute atomic E-state index is 0.216. The van der Waals surface area contributed by atoms with Crippen molar-refractivity contribution in [3.8, 4) is 5.75 Å². The summed E-state index contributed by atoms with van der Waals surface area (Å²) in [5.74, 6) is 1.04. The second kappa shape index (κ2) is 9.82. The molecular formula is C28H35NO2. The average molecular weight is 418 g/mol. The van der Waals surface area contributed by atoms with Crippen LogP contribution in [0.4, 0.5) is 0 Å². The molecule has 0 aromatic heterocycles. The fourth-order valence-corrected chi connectivity index (χ4v) is 5.28. The van der Waals surface area contributed by atoms with Crippen molar-refractivity contribution in [1.29, 1.82) is 0 Å². The number of hydrogen-bond donors (Lipinski definition) is 1. The zero-order valence-corrected chi connectivity index (χ0v) is 19.0. The number of benzene rings is 2. The number of nitrogens with one attached hydrogen (secondary N) is 1. The van der Waals surface area contributed by atoms with Gasteiger partial charge >= 0.3 is 0 Å². The molecule has 164 valence electrons. The lowest BCUT2D eigenvalue weighted by Crippen LogP contribution is -2.41. The van der Waals surface area contributed by atoms with Gasteiger partial charge in [-0.05, 0) is 99.7 Å². The number of Topliss-reactive ketones (excluding diaryl/α,β-unsaturated/α-hetero) is 1. The Morgan fingerprint density at radius 3 is 2.65 bits per heavy atom. The summed E-state index contributed by atoms with van der Waals surface area (Å²) in [6, 6.07) is 15.1. The summed E-state index contributed by atoms with van der Waals surface area (Å²) < 4.78 is 5.45. The van der Waals surface area contributed by atoms with Gasteiger partial charge < -0.3 is 10.1 Å². The van der Waals surface area contributed by atoms with Gasteiger partial charge in [0.15, 0.2) is 5.78 Å². The van der Waals surface area contributed by atoms with E-state index in [0.29, 0.717) is 24.5 Å². The third-order valence-electron chi connectivity index (χ3n) is 7.03. The van der Waals surface area contributed by atoms with E-state index in [1.54, 1.807) is 5.56 Å². The number of aryl methyl sites for hydroxylation is 1. The Labute approximate surface area is 186 Å². The smallest absolute Gasteiger partial charge is 0.162 e. The van der Waals surface area contributed by atoms with Crippen molar-refractivity contribution in [3.05, 3.63) is 70.8 Å². The standard InChI is InChI=1S/C28H35NO2/c1-3-31-25-11-9-22(10-12-25)27(30)7-5-19-29-24-14-17-28(18-15-24)16-4-6-23-20-21(2)8-13-26(23)28/h4,6,8-13,20,24,29H,3,5,7,14-19H2,1-2H3. The van der Waals surface area contributed by atoms with Crippen LogP contribution in [0.15, 0.2) is 48.5 Å². The van der Waals surface area contributed by atoms with E-state index in [1.165, 1.54) is 43.2 Å². The molecule has 3 nitrogen and oxygen atoms in total. The van der Waals surface area contributed by atoms with E-state index in [0.717, 1.165) is 24.3 Å². The Hall–Kier alpha value is -2.39. The zero-order chi connectivity index (χ0) is 21.7. The van der Waals surface area contributed by atoms with E-state index in [-0.39, 0.29) is 5.78 Å². The lowest BCUT2D eigenvalue weighted by molar-refractivity contribution is 0.0979. The highest BCUT2D eigenvalue weighted by Crippen LogP contribution is 2.46. The van der Waals surface area contributed by atoms with Gasteiger partial charge in [0.05, 0.1) is 6.61 Å². The van der Waals surface area contributed by atoms with Crippen molar-refractivity contribution in [3.63, 3.8) is 0 Å². The Bertz CT molecular complexity index is 921. The molecule has 1 fully saturated rings. The molecule has 0 unspecified atom stereocenters. The highest BCUT2D eigenvalue weighted by atomic mass is 16.5. The maximum atomic E-state index is 12.4. The molecule has 0 saturated heterocycles. The van der Waals surface area contributed by atoms with Gasteiger partial charge in [0.1, 0.15) is 5.75 Å². The van der Waals surface area contributed by atoms with Gasteiger partial charge in [-0.1, -0.05) is 35.9 Å². The van der Waals surface area contributed by atoms with Crippen LogP contribution in [0.5, 0.6) is 5.75 Å². The van der Waals surface area contributed by atoms with Crippen molar-refractivity contribution in [1.82, 2.24) is 5.32 Å². The van der Waals surface area contributed by atoms with E-state index in [4.69, 9.17) is 4.74 Å². The molecular weight excluding hydrogens is 382 g/mol. The molecule has 3 heteroatoms. The van der Waals surface area contributed by atoms with E-state index in [2.05, 4.69) is 42.6 Å². The molecule has 0 amide bonds. The first-order chi connectivity index (χ1) is 15.1. The van der Waals surface area contributed by atoms with Crippen molar-refractivity contribution >= 4 is 11.9 Å². The van der Waals surface area contributed by atoms with Crippen LogP contribution >= 0.6 is 0 Å². The second-order valence-corrected chi connectivity index (χ2v) is 9.19. The number of carbonyl (C=O) groups excluding carboxylic acids is 1.